The molecule has 0 radical (unpaired) electrons. The Hall–Kier alpha value is -2.83. The third kappa shape index (κ3) is 5.08. The van der Waals surface area contributed by atoms with E-state index in [0.29, 0.717) is 18.2 Å². The third-order valence-electron chi connectivity index (χ3n) is 3.76. The van der Waals surface area contributed by atoms with Gasteiger partial charge in [-0.2, -0.15) is 8.78 Å². The van der Waals surface area contributed by atoms with Crippen LogP contribution in [0.5, 0.6) is 0 Å². The number of alkyl halides is 2. The highest BCUT2D eigenvalue weighted by Gasteiger charge is 2.32. The van der Waals surface area contributed by atoms with Crippen molar-refractivity contribution in [2.75, 3.05) is 11.9 Å². The van der Waals surface area contributed by atoms with Gasteiger partial charge in [-0.1, -0.05) is 18.2 Å². The van der Waals surface area contributed by atoms with Crippen molar-refractivity contribution in [3.8, 4) is 11.1 Å². The maximum absolute atomic E-state index is 13.0. The molecule has 26 heavy (non-hydrogen) atoms. The summed E-state index contributed by atoms with van der Waals surface area (Å²) in [4.78, 5) is 11.3. The van der Waals surface area contributed by atoms with Gasteiger partial charge in [0, 0.05) is 37.0 Å². The normalized spacial score (nSPS) is 12.3. The van der Waals surface area contributed by atoms with Crippen LogP contribution in [-0.4, -0.2) is 30.6 Å². The monoisotopic (exact) mass is 363 g/mol. The molecule has 0 aliphatic rings. The van der Waals surface area contributed by atoms with Gasteiger partial charge in [0.2, 0.25) is 0 Å². The van der Waals surface area contributed by atoms with Gasteiger partial charge in [-0.3, -0.25) is 4.79 Å². The molecule has 0 saturated heterocycles. The lowest BCUT2D eigenvalue weighted by Gasteiger charge is -2.19. The van der Waals surface area contributed by atoms with E-state index in [1.807, 2.05) is 6.07 Å². The molecule has 0 heterocycles. The molecule has 4 nitrogen and oxygen atoms in total. The highest BCUT2D eigenvalue weighted by molar-refractivity contribution is 5.88. The first-order chi connectivity index (χ1) is 12.2. The number of anilines is 1. The van der Waals surface area contributed by atoms with E-state index in [-0.39, 0.29) is 12.4 Å². The Morgan fingerprint density at radius 2 is 1.81 bits per heavy atom. The van der Waals surface area contributed by atoms with Gasteiger partial charge < -0.3 is 16.0 Å². The van der Waals surface area contributed by atoms with Crippen molar-refractivity contribution < 1.29 is 18.0 Å². The Bertz CT molecular complexity index is 786. The molecule has 3 N–H and O–H groups in total. The first-order valence-corrected chi connectivity index (χ1v) is 8.04. The lowest BCUT2D eigenvalue weighted by Crippen LogP contribution is -2.45. The van der Waals surface area contributed by atoms with Crippen molar-refractivity contribution in [3.63, 3.8) is 0 Å². The number of hydrogen-bond acceptors (Lipinski definition) is 3. The minimum atomic E-state index is -3.43. The van der Waals surface area contributed by atoms with E-state index in [0.717, 1.165) is 11.1 Å². The number of rotatable bonds is 7. The number of benzene rings is 2. The molecule has 0 aromatic heterocycles. The largest absolute Gasteiger partial charge is 0.382 e. The molecular formula is C19H20F3N3O. The predicted octanol–water partition coefficient (Wildman–Crippen LogP) is 4.06. The van der Waals surface area contributed by atoms with Crippen LogP contribution in [-0.2, 0) is 4.79 Å². The Morgan fingerprint density at radius 1 is 1.19 bits per heavy atom. The molecule has 1 unspecified atom stereocenters. The van der Waals surface area contributed by atoms with Gasteiger partial charge in [-0.15, -0.1) is 0 Å². The van der Waals surface area contributed by atoms with E-state index < -0.39 is 17.9 Å². The van der Waals surface area contributed by atoms with Gasteiger partial charge in [-0.05, 0) is 42.3 Å². The molecule has 138 valence electrons. The second-order valence-electron chi connectivity index (χ2n) is 6.10. The summed E-state index contributed by atoms with van der Waals surface area (Å²) in [6.07, 6.45) is 1.17. The zero-order valence-corrected chi connectivity index (χ0v) is 14.4. The standard InChI is InChI=1S/C19H20F3N3O/c1-12(25-18(26)19(2,21)22)11-24-17-8-5-14(9-15(17)10-23)13-3-6-16(20)7-4-13/h3-10,12,23-24H,11H2,1-2H3,(H,25,26). The summed E-state index contributed by atoms with van der Waals surface area (Å²) in [6, 6.07) is 10.8. The summed E-state index contributed by atoms with van der Waals surface area (Å²) in [5.74, 6) is -5.08. The number of hydrogen-bond donors (Lipinski definition) is 3. The Kier molecular flexibility index (Phi) is 6.02. The Balaban J connectivity index is 2.07. The summed E-state index contributed by atoms with van der Waals surface area (Å²) >= 11 is 0. The van der Waals surface area contributed by atoms with E-state index in [1.165, 1.54) is 18.3 Å². The maximum atomic E-state index is 13.0. The molecule has 0 aliphatic carbocycles. The van der Waals surface area contributed by atoms with Gasteiger partial charge in [0.05, 0.1) is 0 Å². The highest BCUT2D eigenvalue weighted by atomic mass is 19.3. The van der Waals surface area contributed by atoms with Crippen LogP contribution in [0.15, 0.2) is 42.5 Å². The number of carbonyl (C=O) groups excluding carboxylic acids is 1. The molecule has 1 atom stereocenters. The van der Waals surface area contributed by atoms with E-state index >= 15 is 0 Å². The zero-order chi connectivity index (χ0) is 19.3. The Labute approximate surface area is 149 Å². The van der Waals surface area contributed by atoms with E-state index in [2.05, 4.69) is 10.6 Å². The molecule has 1 amide bonds. The van der Waals surface area contributed by atoms with Crippen molar-refractivity contribution in [1.29, 1.82) is 5.41 Å². The van der Waals surface area contributed by atoms with Crippen molar-refractivity contribution >= 4 is 17.8 Å². The lowest BCUT2D eigenvalue weighted by molar-refractivity contribution is -0.143. The summed E-state index contributed by atoms with van der Waals surface area (Å²) in [5, 5.41) is 12.8. The Morgan fingerprint density at radius 3 is 2.38 bits per heavy atom. The molecular weight excluding hydrogens is 343 g/mol. The summed E-state index contributed by atoms with van der Waals surface area (Å²) < 4.78 is 38.8. The summed E-state index contributed by atoms with van der Waals surface area (Å²) in [7, 11) is 0. The third-order valence-corrected chi connectivity index (χ3v) is 3.76. The fourth-order valence-electron chi connectivity index (χ4n) is 2.33. The van der Waals surface area contributed by atoms with Gasteiger partial charge >= 0.3 is 5.92 Å². The van der Waals surface area contributed by atoms with Crippen LogP contribution in [0.1, 0.15) is 19.4 Å². The van der Waals surface area contributed by atoms with Crippen molar-refractivity contribution in [1.82, 2.24) is 5.32 Å². The summed E-state index contributed by atoms with van der Waals surface area (Å²) in [5.41, 5.74) is 2.86. The van der Waals surface area contributed by atoms with E-state index in [4.69, 9.17) is 5.41 Å². The van der Waals surface area contributed by atoms with Crippen LogP contribution < -0.4 is 10.6 Å². The molecule has 0 saturated carbocycles. The molecule has 0 spiro atoms. The first-order valence-electron chi connectivity index (χ1n) is 8.04. The van der Waals surface area contributed by atoms with Crippen LogP contribution in [0.3, 0.4) is 0 Å². The number of halogens is 3. The minimum Gasteiger partial charge on any atom is -0.382 e. The van der Waals surface area contributed by atoms with Crippen molar-refractivity contribution in [2.24, 2.45) is 0 Å². The highest BCUT2D eigenvalue weighted by Crippen LogP contribution is 2.24. The van der Waals surface area contributed by atoms with Gasteiger partial charge in [0.15, 0.2) is 0 Å². The number of carbonyl (C=O) groups is 1. The zero-order valence-electron chi connectivity index (χ0n) is 14.4. The van der Waals surface area contributed by atoms with Crippen molar-refractivity contribution in [3.05, 3.63) is 53.8 Å². The molecule has 7 heteroatoms. The van der Waals surface area contributed by atoms with Gasteiger partial charge in [0.25, 0.3) is 5.91 Å². The smallest absolute Gasteiger partial charge is 0.321 e. The molecule has 0 aliphatic heterocycles. The van der Waals surface area contributed by atoms with Crippen LogP contribution in [0, 0.1) is 11.2 Å². The average Bonchev–Trinajstić information content (AvgIpc) is 2.59. The van der Waals surface area contributed by atoms with Gasteiger partial charge in [-0.25, -0.2) is 4.39 Å². The number of nitrogens with one attached hydrogen (secondary N) is 3. The van der Waals surface area contributed by atoms with E-state index in [9.17, 15) is 18.0 Å². The van der Waals surface area contributed by atoms with Gasteiger partial charge in [0.1, 0.15) is 5.82 Å². The topological polar surface area (TPSA) is 65.0 Å². The van der Waals surface area contributed by atoms with Crippen LogP contribution in [0.4, 0.5) is 18.9 Å². The number of amides is 1. The average molecular weight is 363 g/mol. The van der Waals surface area contributed by atoms with Crippen LogP contribution >= 0.6 is 0 Å². The molecule has 2 rings (SSSR count). The molecule has 0 fully saturated rings. The molecule has 2 aromatic carbocycles. The summed E-state index contributed by atoms with van der Waals surface area (Å²) in [6.45, 7) is 2.37. The second-order valence-corrected chi connectivity index (χ2v) is 6.10. The van der Waals surface area contributed by atoms with Crippen LogP contribution in [0.25, 0.3) is 11.1 Å². The van der Waals surface area contributed by atoms with Crippen LogP contribution in [0.2, 0.25) is 0 Å². The van der Waals surface area contributed by atoms with E-state index in [1.54, 1.807) is 31.2 Å². The predicted molar refractivity (Wildman–Crippen MR) is 96.4 cm³/mol. The maximum Gasteiger partial charge on any atom is 0.321 e. The fourth-order valence-corrected chi connectivity index (χ4v) is 2.33. The lowest BCUT2D eigenvalue weighted by atomic mass is 10.0. The quantitative estimate of drug-likeness (QED) is 0.650. The second kappa shape index (κ2) is 8.03. The molecule has 0 bridgehead atoms. The fraction of sp³-hybridized carbons (Fsp3) is 0.263. The first kappa shape index (κ1) is 19.5. The minimum absolute atomic E-state index is 0.221. The van der Waals surface area contributed by atoms with Crippen molar-refractivity contribution in [2.45, 2.75) is 25.8 Å². The molecule has 2 aromatic rings. The SMILES string of the molecule is CC(CNc1ccc(-c2ccc(F)cc2)cc1C=N)NC(=O)C(C)(F)F.